The van der Waals surface area contributed by atoms with Gasteiger partial charge in [-0.3, -0.25) is 10.7 Å². The molecular formula is C17H12ClFN6O. The summed E-state index contributed by atoms with van der Waals surface area (Å²) in [6.45, 7) is 0. The number of pyridine rings is 1. The van der Waals surface area contributed by atoms with Crippen molar-refractivity contribution < 1.29 is 9.60 Å². The predicted octanol–water partition coefficient (Wildman–Crippen LogP) is 3.80. The molecule has 4 aromatic rings. The highest BCUT2D eigenvalue weighted by atomic mass is 35.5. The molecule has 9 heteroatoms. The summed E-state index contributed by atoms with van der Waals surface area (Å²) in [5.74, 6) is 0.202. The van der Waals surface area contributed by atoms with Crippen molar-refractivity contribution in [2.24, 2.45) is 4.99 Å². The number of hydroxylamine groups is 1. The molecule has 7 nitrogen and oxygen atoms in total. The summed E-state index contributed by atoms with van der Waals surface area (Å²) in [5.41, 5.74) is 4.84. The van der Waals surface area contributed by atoms with Crippen LogP contribution in [0.5, 0.6) is 0 Å². The first-order valence-corrected chi connectivity index (χ1v) is 7.96. The highest BCUT2D eigenvalue weighted by molar-refractivity contribution is 6.31. The van der Waals surface area contributed by atoms with Gasteiger partial charge in [-0.2, -0.15) is 0 Å². The maximum atomic E-state index is 13.3. The Kier molecular flexibility index (Phi) is 4.11. The van der Waals surface area contributed by atoms with Gasteiger partial charge in [0.1, 0.15) is 5.82 Å². The number of hydrogen-bond acceptors (Lipinski definition) is 4. The lowest BCUT2D eigenvalue weighted by atomic mass is 10.2. The van der Waals surface area contributed by atoms with Crippen molar-refractivity contribution in [2.75, 3.05) is 0 Å². The summed E-state index contributed by atoms with van der Waals surface area (Å²) in [4.78, 5) is 19.2. The Hall–Kier alpha value is -3.23. The van der Waals surface area contributed by atoms with E-state index in [9.17, 15) is 9.60 Å². The minimum Gasteiger partial charge on any atom is -0.359 e. The van der Waals surface area contributed by atoms with E-state index in [0.717, 1.165) is 5.69 Å². The summed E-state index contributed by atoms with van der Waals surface area (Å²) in [6, 6.07) is 9.43. The lowest BCUT2D eigenvalue weighted by Crippen LogP contribution is -2.20. The minimum absolute atomic E-state index is 0.0565. The fourth-order valence-corrected chi connectivity index (χ4v) is 2.72. The number of halogens is 2. The fourth-order valence-electron chi connectivity index (χ4n) is 2.54. The van der Waals surface area contributed by atoms with Gasteiger partial charge in [0.15, 0.2) is 17.3 Å². The third-order valence-corrected chi connectivity index (χ3v) is 4.04. The number of aliphatic imine (C=N–C) groups is 1. The van der Waals surface area contributed by atoms with Crippen LogP contribution in [0.2, 0.25) is 5.02 Å². The summed E-state index contributed by atoms with van der Waals surface area (Å²) >= 11 is 5.79. The van der Waals surface area contributed by atoms with Gasteiger partial charge >= 0.3 is 0 Å². The molecule has 0 spiro atoms. The Morgan fingerprint density at radius 1 is 1.27 bits per heavy atom. The molecule has 4 N–H and O–H groups in total. The van der Waals surface area contributed by atoms with E-state index in [4.69, 9.17) is 11.6 Å². The van der Waals surface area contributed by atoms with Gasteiger partial charge in [-0.25, -0.2) is 19.4 Å². The maximum absolute atomic E-state index is 13.3. The highest BCUT2D eigenvalue weighted by Crippen LogP contribution is 2.24. The van der Waals surface area contributed by atoms with Crippen LogP contribution in [0.1, 0.15) is 5.56 Å². The summed E-state index contributed by atoms with van der Waals surface area (Å²) < 4.78 is 13.3. The van der Waals surface area contributed by atoms with Crippen LogP contribution in [-0.4, -0.2) is 31.0 Å². The van der Waals surface area contributed by atoms with Gasteiger partial charge in [-0.05, 0) is 36.4 Å². The van der Waals surface area contributed by atoms with Gasteiger partial charge in [0.2, 0.25) is 0 Å². The molecule has 3 aromatic heterocycles. The van der Waals surface area contributed by atoms with E-state index < -0.39 is 5.82 Å². The second-order valence-corrected chi connectivity index (χ2v) is 5.80. The Morgan fingerprint density at radius 3 is 2.88 bits per heavy atom. The lowest BCUT2D eigenvalue weighted by molar-refractivity contribution is 0.235. The fraction of sp³-hybridized carbons (Fsp3) is 0. The molecule has 0 aliphatic carbocycles. The second kappa shape index (κ2) is 6.58. The summed E-state index contributed by atoms with van der Waals surface area (Å²) in [5, 5.41) is 9.51. The molecule has 3 heterocycles. The summed E-state index contributed by atoms with van der Waals surface area (Å²) in [7, 11) is 0. The third kappa shape index (κ3) is 2.92. The summed E-state index contributed by atoms with van der Waals surface area (Å²) in [6.07, 6.45) is 3.35. The molecular weight excluding hydrogens is 359 g/mol. The number of H-pyrrole nitrogens is 2. The van der Waals surface area contributed by atoms with Crippen LogP contribution in [-0.2, 0) is 0 Å². The largest absolute Gasteiger partial charge is 0.359 e. The van der Waals surface area contributed by atoms with Crippen molar-refractivity contribution in [3.8, 4) is 11.5 Å². The predicted molar refractivity (Wildman–Crippen MR) is 96.2 cm³/mol. The van der Waals surface area contributed by atoms with Crippen molar-refractivity contribution in [1.29, 1.82) is 0 Å². The molecule has 0 fully saturated rings. The first-order chi connectivity index (χ1) is 12.7. The molecule has 0 atom stereocenters. The number of nitrogens with zero attached hydrogens (tertiary/aromatic N) is 3. The van der Waals surface area contributed by atoms with E-state index in [0.29, 0.717) is 28.2 Å². The molecule has 1 aromatic carbocycles. The van der Waals surface area contributed by atoms with E-state index in [1.807, 2.05) is 12.1 Å². The number of imidazole rings is 1. The van der Waals surface area contributed by atoms with Crippen LogP contribution in [0.4, 0.5) is 10.1 Å². The van der Waals surface area contributed by atoms with E-state index in [2.05, 4.69) is 30.4 Å². The molecule has 26 heavy (non-hydrogen) atoms. The van der Waals surface area contributed by atoms with E-state index in [-0.39, 0.29) is 10.9 Å². The average molecular weight is 371 g/mol. The van der Waals surface area contributed by atoms with Gasteiger partial charge in [-0.15, -0.1) is 0 Å². The van der Waals surface area contributed by atoms with Crippen molar-refractivity contribution in [3.63, 3.8) is 0 Å². The molecule has 4 rings (SSSR count). The van der Waals surface area contributed by atoms with Crippen LogP contribution in [0.15, 0.2) is 53.8 Å². The highest BCUT2D eigenvalue weighted by Gasteiger charge is 2.14. The Bertz CT molecular complexity index is 1110. The van der Waals surface area contributed by atoms with Crippen molar-refractivity contribution in [1.82, 2.24) is 25.4 Å². The Labute approximate surface area is 151 Å². The molecule has 0 saturated carbocycles. The smallest absolute Gasteiger partial charge is 0.178 e. The van der Waals surface area contributed by atoms with Crippen LogP contribution in [0.3, 0.4) is 0 Å². The quantitative estimate of drug-likeness (QED) is 0.250. The van der Waals surface area contributed by atoms with Crippen LogP contribution in [0.25, 0.3) is 22.7 Å². The van der Waals surface area contributed by atoms with Crippen molar-refractivity contribution in [2.45, 2.75) is 0 Å². The molecule has 0 bridgehead atoms. The zero-order valence-corrected chi connectivity index (χ0v) is 13.9. The monoisotopic (exact) mass is 370 g/mol. The van der Waals surface area contributed by atoms with Gasteiger partial charge in [0, 0.05) is 18.0 Å². The van der Waals surface area contributed by atoms with E-state index in [1.54, 1.807) is 18.5 Å². The number of aromatic nitrogens is 4. The number of nitrogens with one attached hydrogen (secondary N) is 3. The Morgan fingerprint density at radius 2 is 2.15 bits per heavy atom. The van der Waals surface area contributed by atoms with Gasteiger partial charge < -0.3 is 9.97 Å². The lowest BCUT2D eigenvalue weighted by Gasteiger charge is -2.06. The topological polar surface area (TPSA) is 102 Å². The molecule has 0 aliphatic rings. The van der Waals surface area contributed by atoms with Crippen LogP contribution >= 0.6 is 11.6 Å². The average Bonchev–Trinajstić information content (AvgIpc) is 3.31. The molecule has 0 aliphatic heterocycles. The van der Waals surface area contributed by atoms with E-state index in [1.165, 1.54) is 18.2 Å². The molecule has 0 amide bonds. The number of benzene rings is 1. The molecule has 0 radical (unpaired) electrons. The minimum atomic E-state index is -0.542. The van der Waals surface area contributed by atoms with Crippen LogP contribution < -0.4 is 5.48 Å². The molecule has 0 unspecified atom stereocenters. The van der Waals surface area contributed by atoms with Gasteiger partial charge in [0.25, 0.3) is 0 Å². The number of aromatic amines is 2. The maximum Gasteiger partial charge on any atom is 0.178 e. The number of rotatable bonds is 3. The Balaban J connectivity index is 1.83. The standard InChI is InChI=1S/C17H12ClFN6O/c18-11-8-9(3-4-12(11)19)22-15(25-26)10-5-7-21-17-14(10)23-16(24-17)13-2-1-6-20-13/h1-8,20,26H,(H,22,25)(H,21,23,24). The number of fused-ring (bicyclic) bond motifs is 1. The first-order valence-electron chi connectivity index (χ1n) is 7.58. The number of amidine groups is 1. The van der Waals surface area contributed by atoms with E-state index >= 15 is 0 Å². The third-order valence-electron chi connectivity index (χ3n) is 3.75. The van der Waals surface area contributed by atoms with Crippen LogP contribution in [0, 0.1) is 5.82 Å². The second-order valence-electron chi connectivity index (χ2n) is 5.40. The first kappa shape index (κ1) is 16.2. The number of hydrogen-bond donors (Lipinski definition) is 4. The van der Waals surface area contributed by atoms with Crippen molar-refractivity contribution >= 4 is 34.3 Å². The van der Waals surface area contributed by atoms with Crippen molar-refractivity contribution in [3.05, 3.63) is 65.2 Å². The zero-order valence-electron chi connectivity index (χ0n) is 13.2. The SMILES string of the molecule is ONC(=Nc1ccc(F)c(Cl)c1)c1ccnc2nc(-c3ccc[nH]3)[nH]c12. The molecule has 130 valence electrons. The normalized spacial score (nSPS) is 11.9. The van der Waals surface area contributed by atoms with Gasteiger partial charge in [-0.1, -0.05) is 11.6 Å². The van der Waals surface area contributed by atoms with Gasteiger partial charge in [0.05, 0.1) is 21.9 Å². The zero-order chi connectivity index (χ0) is 18.1. The molecule has 0 saturated heterocycles.